The van der Waals surface area contributed by atoms with E-state index < -0.39 is 10.0 Å². The Morgan fingerprint density at radius 1 is 1.17 bits per heavy atom. The Morgan fingerprint density at radius 3 is 2.58 bits per heavy atom. The third kappa shape index (κ3) is 4.02. The van der Waals surface area contributed by atoms with Crippen LogP contribution in [-0.4, -0.2) is 45.8 Å². The standard InChI is InChI=1S/C17H26N2O4S/c1-13(2)9-14(19-7-3-4-8-19)11-18-24(20,21)15-5-6-16-17(10-15)23-12-22-16/h5-6,10,13-14,18H,3-4,7-9,11-12H2,1-2H3. The van der Waals surface area contributed by atoms with E-state index in [0.717, 1.165) is 19.5 Å². The summed E-state index contributed by atoms with van der Waals surface area (Å²) in [6.45, 7) is 7.05. The van der Waals surface area contributed by atoms with Gasteiger partial charge in [-0.05, 0) is 50.4 Å². The van der Waals surface area contributed by atoms with Gasteiger partial charge in [0.2, 0.25) is 16.8 Å². The topological polar surface area (TPSA) is 67.9 Å². The van der Waals surface area contributed by atoms with Gasteiger partial charge in [0.05, 0.1) is 4.90 Å². The molecule has 0 aromatic heterocycles. The molecular weight excluding hydrogens is 328 g/mol. The molecule has 0 bridgehead atoms. The Kier molecular flexibility index (Phi) is 5.32. The summed E-state index contributed by atoms with van der Waals surface area (Å²) in [6, 6.07) is 4.97. The Labute approximate surface area is 144 Å². The Bertz CT molecular complexity index is 669. The first kappa shape index (κ1) is 17.5. The highest BCUT2D eigenvalue weighted by molar-refractivity contribution is 7.89. The molecule has 0 aliphatic carbocycles. The average Bonchev–Trinajstić information content (AvgIpc) is 3.21. The van der Waals surface area contributed by atoms with Crippen LogP contribution in [0.4, 0.5) is 0 Å². The lowest BCUT2D eigenvalue weighted by atomic mass is 10.0. The van der Waals surface area contributed by atoms with Gasteiger partial charge in [-0.3, -0.25) is 4.90 Å². The van der Waals surface area contributed by atoms with Crippen molar-refractivity contribution >= 4 is 10.0 Å². The molecule has 1 aromatic rings. The maximum absolute atomic E-state index is 12.6. The third-order valence-electron chi connectivity index (χ3n) is 4.56. The van der Waals surface area contributed by atoms with Crippen LogP contribution in [0.1, 0.15) is 33.1 Å². The van der Waals surface area contributed by atoms with Gasteiger partial charge in [0.25, 0.3) is 0 Å². The molecule has 134 valence electrons. The van der Waals surface area contributed by atoms with Crippen LogP contribution >= 0.6 is 0 Å². The summed E-state index contributed by atoms with van der Waals surface area (Å²) in [5.41, 5.74) is 0. The minimum atomic E-state index is -3.55. The number of hydrogen-bond donors (Lipinski definition) is 1. The first-order valence-electron chi connectivity index (χ1n) is 8.59. The molecule has 2 aliphatic heterocycles. The van der Waals surface area contributed by atoms with E-state index in [4.69, 9.17) is 9.47 Å². The molecule has 3 rings (SSSR count). The second kappa shape index (κ2) is 7.29. The molecule has 1 fully saturated rings. The molecule has 0 saturated carbocycles. The summed E-state index contributed by atoms with van der Waals surface area (Å²) < 4.78 is 38.5. The largest absolute Gasteiger partial charge is 0.454 e. The summed E-state index contributed by atoms with van der Waals surface area (Å²) in [6.07, 6.45) is 3.39. The molecule has 7 heteroatoms. The highest BCUT2D eigenvalue weighted by atomic mass is 32.2. The predicted octanol–water partition coefficient (Wildman–Crippen LogP) is 2.20. The highest BCUT2D eigenvalue weighted by Crippen LogP contribution is 2.33. The minimum Gasteiger partial charge on any atom is -0.454 e. The molecule has 0 radical (unpaired) electrons. The lowest BCUT2D eigenvalue weighted by Gasteiger charge is -2.29. The molecule has 1 atom stereocenters. The number of rotatable bonds is 7. The van der Waals surface area contributed by atoms with Crippen molar-refractivity contribution in [3.8, 4) is 11.5 Å². The van der Waals surface area contributed by atoms with E-state index in [1.807, 2.05) is 0 Å². The van der Waals surface area contributed by atoms with Crippen molar-refractivity contribution in [3.63, 3.8) is 0 Å². The molecule has 1 unspecified atom stereocenters. The van der Waals surface area contributed by atoms with Crippen molar-refractivity contribution in [2.75, 3.05) is 26.4 Å². The van der Waals surface area contributed by atoms with Crippen LogP contribution < -0.4 is 14.2 Å². The lowest BCUT2D eigenvalue weighted by Crippen LogP contribution is -2.43. The van der Waals surface area contributed by atoms with Crippen LogP contribution in [0, 0.1) is 5.92 Å². The maximum atomic E-state index is 12.6. The monoisotopic (exact) mass is 354 g/mol. The fourth-order valence-corrected chi connectivity index (χ4v) is 4.43. The summed E-state index contributed by atoms with van der Waals surface area (Å²) in [5, 5.41) is 0. The van der Waals surface area contributed by atoms with Gasteiger partial charge in [-0.2, -0.15) is 0 Å². The molecule has 0 spiro atoms. The average molecular weight is 354 g/mol. The van der Waals surface area contributed by atoms with Crippen LogP contribution in [0.5, 0.6) is 11.5 Å². The zero-order valence-electron chi connectivity index (χ0n) is 14.3. The second-order valence-corrected chi connectivity index (χ2v) is 8.66. The summed E-state index contributed by atoms with van der Waals surface area (Å²) in [5.74, 6) is 1.60. The second-order valence-electron chi connectivity index (χ2n) is 6.89. The molecule has 1 aromatic carbocycles. The zero-order chi connectivity index (χ0) is 17.2. The number of nitrogens with one attached hydrogen (secondary N) is 1. The third-order valence-corrected chi connectivity index (χ3v) is 5.99. The van der Waals surface area contributed by atoms with Gasteiger partial charge in [0.15, 0.2) is 11.5 Å². The smallest absolute Gasteiger partial charge is 0.240 e. The van der Waals surface area contributed by atoms with Crippen LogP contribution in [-0.2, 0) is 10.0 Å². The van der Waals surface area contributed by atoms with Crippen molar-refractivity contribution in [3.05, 3.63) is 18.2 Å². The minimum absolute atomic E-state index is 0.137. The highest BCUT2D eigenvalue weighted by Gasteiger charge is 2.26. The number of benzene rings is 1. The Balaban J connectivity index is 1.68. The number of ether oxygens (including phenoxy) is 2. The van der Waals surface area contributed by atoms with Crippen LogP contribution in [0.3, 0.4) is 0 Å². The molecule has 0 amide bonds. The maximum Gasteiger partial charge on any atom is 0.240 e. The van der Waals surface area contributed by atoms with E-state index in [1.165, 1.54) is 18.9 Å². The van der Waals surface area contributed by atoms with Crippen molar-refractivity contribution in [1.82, 2.24) is 9.62 Å². The number of sulfonamides is 1. The van der Waals surface area contributed by atoms with Gasteiger partial charge in [0.1, 0.15) is 0 Å². The molecule has 2 heterocycles. The molecular formula is C17H26N2O4S. The molecule has 1 N–H and O–H groups in total. The van der Waals surface area contributed by atoms with Gasteiger partial charge in [-0.15, -0.1) is 0 Å². The van der Waals surface area contributed by atoms with Crippen LogP contribution in [0.2, 0.25) is 0 Å². The van der Waals surface area contributed by atoms with E-state index in [-0.39, 0.29) is 17.7 Å². The normalized spacial score (nSPS) is 19.1. The van der Waals surface area contributed by atoms with Crippen molar-refractivity contribution in [1.29, 1.82) is 0 Å². The van der Waals surface area contributed by atoms with Crippen molar-refractivity contribution < 1.29 is 17.9 Å². The molecule has 6 nitrogen and oxygen atoms in total. The SMILES string of the molecule is CC(C)CC(CNS(=O)(=O)c1ccc2c(c1)OCO2)N1CCCC1. The van der Waals surface area contributed by atoms with E-state index in [1.54, 1.807) is 12.1 Å². The number of likely N-dealkylation sites (tertiary alicyclic amines) is 1. The number of fused-ring (bicyclic) bond motifs is 1. The van der Waals surface area contributed by atoms with Gasteiger partial charge < -0.3 is 9.47 Å². The molecule has 24 heavy (non-hydrogen) atoms. The fraction of sp³-hybridized carbons (Fsp3) is 0.647. The zero-order valence-corrected chi connectivity index (χ0v) is 15.1. The Hall–Kier alpha value is -1.31. The first-order chi connectivity index (χ1) is 11.5. The van der Waals surface area contributed by atoms with Crippen LogP contribution in [0.15, 0.2) is 23.1 Å². The first-order valence-corrected chi connectivity index (χ1v) is 10.1. The van der Waals surface area contributed by atoms with Gasteiger partial charge >= 0.3 is 0 Å². The molecule has 1 saturated heterocycles. The predicted molar refractivity (Wildman–Crippen MR) is 91.8 cm³/mol. The van der Waals surface area contributed by atoms with E-state index >= 15 is 0 Å². The van der Waals surface area contributed by atoms with E-state index in [2.05, 4.69) is 23.5 Å². The van der Waals surface area contributed by atoms with Gasteiger partial charge in [-0.1, -0.05) is 13.8 Å². The summed E-state index contributed by atoms with van der Waals surface area (Å²) in [4.78, 5) is 2.62. The summed E-state index contributed by atoms with van der Waals surface area (Å²) in [7, 11) is -3.55. The van der Waals surface area contributed by atoms with E-state index in [9.17, 15) is 8.42 Å². The number of hydrogen-bond acceptors (Lipinski definition) is 5. The van der Waals surface area contributed by atoms with Gasteiger partial charge in [0, 0.05) is 18.7 Å². The quantitative estimate of drug-likeness (QED) is 0.813. The Morgan fingerprint density at radius 2 is 1.88 bits per heavy atom. The fourth-order valence-electron chi connectivity index (χ4n) is 3.35. The van der Waals surface area contributed by atoms with E-state index in [0.29, 0.717) is 24.0 Å². The summed E-state index contributed by atoms with van der Waals surface area (Å²) >= 11 is 0. The molecule has 2 aliphatic rings. The lowest BCUT2D eigenvalue weighted by molar-refractivity contribution is 0.174. The van der Waals surface area contributed by atoms with Gasteiger partial charge in [-0.25, -0.2) is 13.1 Å². The van der Waals surface area contributed by atoms with Crippen molar-refractivity contribution in [2.45, 2.75) is 44.0 Å². The van der Waals surface area contributed by atoms with Crippen molar-refractivity contribution in [2.24, 2.45) is 5.92 Å². The van der Waals surface area contributed by atoms with Crippen LogP contribution in [0.25, 0.3) is 0 Å². The number of nitrogens with zero attached hydrogens (tertiary/aromatic N) is 1.